The maximum atomic E-state index is 12.8. The molecule has 1 aliphatic rings. The van der Waals surface area contributed by atoms with Gasteiger partial charge in [-0.3, -0.25) is 0 Å². The Bertz CT molecular complexity index is 682. The normalized spacial score (nSPS) is 23.8. The Morgan fingerprint density at radius 3 is 2.16 bits per heavy atom. The van der Waals surface area contributed by atoms with Gasteiger partial charge in [-0.1, -0.05) is 17.7 Å². The van der Waals surface area contributed by atoms with Gasteiger partial charge in [-0.25, -0.2) is 13.1 Å². The van der Waals surface area contributed by atoms with Crippen molar-refractivity contribution in [2.45, 2.75) is 60.5 Å². The van der Waals surface area contributed by atoms with Gasteiger partial charge in [-0.05, 0) is 64.1 Å². The van der Waals surface area contributed by atoms with Gasteiger partial charge in [0, 0.05) is 6.04 Å². The maximum absolute atomic E-state index is 12.8. The van der Waals surface area contributed by atoms with Crippen molar-refractivity contribution >= 4 is 41.9 Å². The van der Waals surface area contributed by atoms with Crippen LogP contribution < -0.4 is 4.72 Å². The molecule has 1 aromatic carbocycles. The molecular formula is C17H29NO3S3Si. The molecule has 0 amide bonds. The Hall–Kier alpha value is 0.00688. The average molecular weight is 420 g/mol. The number of hydrogen-bond acceptors (Lipinski definition) is 5. The van der Waals surface area contributed by atoms with Crippen LogP contribution in [0.3, 0.4) is 0 Å². The van der Waals surface area contributed by atoms with Crippen LogP contribution >= 0.6 is 23.5 Å². The van der Waals surface area contributed by atoms with E-state index in [1.165, 1.54) is 0 Å². The summed E-state index contributed by atoms with van der Waals surface area (Å²) in [6.07, 6.45) is 5.75. The van der Waals surface area contributed by atoms with Gasteiger partial charge in [0.05, 0.1) is 15.1 Å². The van der Waals surface area contributed by atoms with E-state index in [4.69, 9.17) is 4.43 Å². The van der Waals surface area contributed by atoms with Gasteiger partial charge in [0.15, 0.2) is 8.32 Å². The molecule has 0 saturated heterocycles. The van der Waals surface area contributed by atoms with Gasteiger partial charge in [0.25, 0.3) is 0 Å². The van der Waals surface area contributed by atoms with Crippen molar-refractivity contribution in [1.82, 2.24) is 4.72 Å². The Kier molecular flexibility index (Phi) is 6.77. The molecule has 0 heterocycles. The number of hydrogen-bond donors (Lipinski definition) is 1. The summed E-state index contributed by atoms with van der Waals surface area (Å²) in [4.78, 5) is 0.315. The lowest BCUT2D eigenvalue weighted by molar-refractivity contribution is 0.177. The second-order valence-electron chi connectivity index (χ2n) is 7.54. The first-order chi connectivity index (χ1) is 11.5. The van der Waals surface area contributed by atoms with Crippen LogP contribution in [-0.2, 0) is 14.4 Å². The molecular weight excluding hydrogens is 390 g/mol. The number of rotatable bonds is 7. The number of benzene rings is 1. The van der Waals surface area contributed by atoms with Gasteiger partial charge in [0.2, 0.25) is 10.0 Å². The summed E-state index contributed by atoms with van der Waals surface area (Å²) in [7, 11) is -5.32. The zero-order valence-corrected chi connectivity index (χ0v) is 19.3. The van der Waals surface area contributed by atoms with Crippen LogP contribution in [0.1, 0.15) is 18.4 Å². The van der Waals surface area contributed by atoms with E-state index < -0.39 is 18.3 Å². The number of thioether (sulfide) groups is 2. The standard InChI is InChI=1S/C17H29NO3S3Si/c1-13-7-9-14(10-8-13)24(19,20)18-15-11-17(22-2,23-3)12-16(15)21-25(4,5)6/h7-10,15-16,18H,11-12H2,1-6H3/t15-,16-/m1/s1. The van der Waals surface area contributed by atoms with Gasteiger partial charge in [0.1, 0.15) is 0 Å². The van der Waals surface area contributed by atoms with Gasteiger partial charge in [-0.2, -0.15) is 0 Å². The summed E-state index contributed by atoms with van der Waals surface area (Å²) in [5, 5.41) is 0. The second-order valence-corrected chi connectivity index (χ2v) is 16.3. The molecule has 1 aliphatic carbocycles. The Labute approximate surface area is 162 Å². The van der Waals surface area contributed by atoms with Crippen LogP contribution in [0.15, 0.2) is 29.2 Å². The summed E-state index contributed by atoms with van der Waals surface area (Å²) >= 11 is 3.60. The fourth-order valence-corrected chi connectivity index (χ4v) is 7.54. The maximum Gasteiger partial charge on any atom is 0.240 e. The molecule has 0 aromatic heterocycles. The van der Waals surface area contributed by atoms with Crippen LogP contribution in [-0.4, -0.2) is 45.5 Å². The third-order valence-corrected chi connectivity index (χ3v) is 10.0. The summed E-state index contributed by atoms with van der Waals surface area (Å²) in [5.41, 5.74) is 1.04. The predicted molar refractivity (Wildman–Crippen MR) is 113 cm³/mol. The summed E-state index contributed by atoms with van der Waals surface area (Å²) in [5.74, 6) is 0. The quantitative estimate of drug-likeness (QED) is 0.533. The molecule has 1 aromatic rings. The largest absolute Gasteiger partial charge is 0.413 e. The zero-order valence-electron chi connectivity index (χ0n) is 15.8. The molecule has 142 valence electrons. The SMILES string of the molecule is CSC1(SC)C[C@@H](NS(=O)(=O)c2ccc(C)cc2)[C@H](O[Si](C)(C)C)C1. The van der Waals surface area contributed by atoms with E-state index in [2.05, 4.69) is 36.9 Å². The van der Waals surface area contributed by atoms with Crippen molar-refractivity contribution in [3.63, 3.8) is 0 Å². The minimum absolute atomic E-state index is 0.00474. The van der Waals surface area contributed by atoms with Gasteiger partial charge >= 0.3 is 0 Å². The summed E-state index contributed by atoms with van der Waals surface area (Å²) < 4.78 is 34.9. The Morgan fingerprint density at radius 1 is 1.12 bits per heavy atom. The minimum atomic E-state index is -3.55. The molecule has 1 saturated carbocycles. The van der Waals surface area contributed by atoms with Crippen molar-refractivity contribution in [2.75, 3.05) is 12.5 Å². The highest BCUT2D eigenvalue weighted by atomic mass is 32.2. The molecule has 0 radical (unpaired) electrons. The molecule has 0 unspecified atom stereocenters. The van der Waals surface area contributed by atoms with Gasteiger partial charge < -0.3 is 4.43 Å². The fourth-order valence-electron chi connectivity index (χ4n) is 3.10. The van der Waals surface area contributed by atoms with Crippen molar-refractivity contribution in [3.05, 3.63) is 29.8 Å². The van der Waals surface area contributed by atoms with Crippen LogP contribution in [0.25, 0.3) is 0 Å². The van der Waals surface area contributed by atoms with Crippen LogP contribution in [0, 0.1) is 6.92 Å². The second kappa shape index (κ2) is 7.94. The van der Waals surface area contributed by atoms with Gasteiger partial charge in [-0.15, -0.1) is 23.5 Å². The number of nitrogens with one attached hydrogen (secondary N) is 1. The van der Waals surface area contributed by atoms with Crippen LogP contribution in [0.5, 0.6) is 0 Å². The first-order valence-corrected chi connectivity index (χ1v) is 15.7. The third kappa shape index (κ3) is 5.49. The van der Waals surface area contributed by atoms with E-state index in [9.17, 15) is 8.42 Å². The van der Waals surface area contributed by atoms with E-state index in [0.29, 0.717) is 4.90 Å². The van der Waals surface area contributed by atoms with Crippen molar-refractivity contribution in [1.29, 1.82) is 0 Å². The topological polar surface area (TPSA) is 55.4 Å². The monoisotopic (exact) mass is 419 g/mol. The summed E-state index contributed by atoms with van der Waals surface area (Å²) in [6, 6.07) is 6.79. The van der Waals surface area contributed by atoms with E-state index in [0.717, 1.165) is 18.4 Å². The first-order valence-electron chi connectivity index (χ1n) is 8.37. The van der Waals surface area contributed by atoms with Crippen molar-refractivity contribution in [3.8, 4) is 0 Å². The highest BCUT2D eigenvalue weighted by molar-refractivity contribution is 8.17. The zero-order chi connectivity index (χ0) is 18.9. The van der Waals surface area contributed by atoms with E-state index in [1.54, 1.807) is 35.7 Å². The number of aryl methyl sites for hydroxylation is 1. The van der Waals surface area contributed by atoms with Crippen molar-refractivity contribution in [2.24, 2.45) is 0 Å². The average Bonchev–Trinajstić information content (AvgIpc) is 2.83. The molecule has 8 heteroatoms. The highest BCUT2D eigenvalue weighted by Gasteiger charge is 2.47. The molecule has 4 nitrogen and oxygen atoms in total. The first kappa shape index (κ1) is 21.3. The molecule has 0 aliphatic heterocycles. The van der Waals surface area contributed by atoms with E-state index in [1.807, 2.05) is 19.1 Å². The highest BCUT2D eigenvalue weighted by Crippen LogP contribution is 2.49. The molecule has 0 spiro atoms. The molecule has 2 atom stereocenters. The molecule has 25 heavy (non-hydrogen) atoms. The molecule has 2 rings (SSSR count). The summed E-state index contributed by atoms with van der Waals surface area (Å²) in [6.45, 7) is 8.40. The molecule has 1 fully saturated rings. The van der Waals surface area contributed by atoms with E-state index >= 15 is 0 Å². The van der Waals surface area contributed by atoms with Crippen molar-refractivity contribution < 1.29 is 12.8 Å². The smallest absolute Gasteiger partial charge is 0.240 e. The fraction of sp³-hybridized carbons (Fsp3) is 0.647. The lowest BCUT2D eigenvalue weighted by Gasteiger charge is -2.28. The number of sulfonamides is 1. The predicted octanol–water partition coefficient (Wildman–Crippen LogP) is 4.08. The molecule has 0 bridgehead atoms. The van der Waals surface area contributed by atoms with Crippen LogP contribution in [0.4, 0.5) is 0 Å². The minimum Gasteiger partial charge on any atom is -0.413 e. The lowest BCUT2D eigenvalue weighted by Crippen LogP contribution is -2.45. The van der Waals surface area contributed by atoms with Crippen LogP contribution in [0.2, 0.25) is 19.6 Å². The molecule has 1 N–H and O–H groups in total. The lowest BCUT2D eigenvalue weighted by atomic mass is 10.2. The Morgan fingerprint density at radius 2 is 1.68 bits per heavy atom. The Balaban J connectivity index is 2.25. The third-order valence-electron chi connectivity index (χ3n) is 4.38. The van der Waals surface area contributed by atoms with E-state index in [-0.39, 0.29) is 16.2 Å².